The van der Waals surface area contributed by atoms with Crippen molar-refractivity contribution in [3.8, 4) is 0 Å². The first kappa shape index (κ1) is 21.8. The lowest BCUT2D eigenvalue weighted by atomic mass is 10.0. The molecule has 0 aliphatic rings. The van der Waals surface area contributed by atoms with Gasteiger partial charge in [-0.1, -0.05) is 55.5 Å². The molecule has 0 radical (unpaired) electrons. The van der Waals surface area contributed by atoms with Crippen LogP contribution in [-0.2, 0) is 25.8 Å². The van der Waals surface area contributed by atoms with Crippen LogP contribution in [0.3, 0.4) is 0 Å². The molecule has 2 rings (SSSR count). The van der Waals surface area contributed by atoms with Crippen molar-refractivity contribution in [1.29, 1.82) is 0 Å². The van der Waals surface area contributed by atoms with Crippen LogP contribution in [0.4, 0.5) is 4.39 Å². The predicted molar refractivity (Wildman–Crippen MR) is 116 cm³/mol. The summed E-state index contributed by atoms with van der Waals surface area (Å²) in [6, 6.07) is 6.67. The van der Waals surface area contributed by atoms with E-state index in [1.54, 1.807) is 6.08 Å². The Morgan fingerprint density at radius 3 is 2.50 bits per heavy atom. The third-order valence-electron chi connectivity index (χ3n) is 4.51. The second-order valence-electron chi connectivity index (χ2n) is 7.96. The van der Waals surface area contributed by atoms with E-state index in [2.05, 4.69) is 31.1 Å². The minimum absolute atomic E-state index is 0.222. The number of imidazole rings is 1. The Labute approximate surface area is 168 Å². The van der Waals surface area contributed by atoms with E-state index in [1.165, 1.54) is 23.4 Å². The van der Waals surface area contributed by atoms with Crippen molar-refractivity contribution in [2.45, 2.75) is 59.0 Å². The fraction of sp³-hybridized carbons (Fsp3) is 0.375. The lowest BCUT2D eigenvalue weighted by Gasteiger charge is -2.20. The second kappa shape index (κ2) is 9.65. The maximum atomic E-state index is 13.3. The number of nitrogens with two attached hydrogens (primary N) is 1. The molecule has 0 saturated heterocycles. The van der Waals surface area contributed by atoms with E-state index in [1.807, 2.05) is 38.1 Å². The Bertz CT molecular complexity index is 849. The number of benzene rings is 1. The monoisotopic (exact) mass is 381 g/mol. The summed E-state index contributed by atoms with van der Waals surface area (Å²) in [5, 5.41) is 0. The molecule has 1 heterocycles. The maximum absolute atomic E-state index is 13.3. The van der Waals surface area contributed by atoms with Gasteiger partial charge in [0.15, 0.2) is 0 Å². The standard InChI is InChI=1S/C24H32FN3/c1-6-8-9-10-18(3)15-22-21(7-2)27-23(16-24(4,5)26)28(22)17-19-11-13-20(25)14-12-19/h6,8-14H,1,7,15-17,26H2,2-5H3/b9-8-,18-10+. The van der Waals surface area contributed by atoms with Crippen molar-refractivity contribution in [1.82, 2.24) is 9.55 Å². The quantitative estimate of drug-likeness (QED) is 0.611. The number of rotatable bonds is 9. The van der Waals surface area contributed by atoms with Gasteiger partial charge in [-0.25, -0.2) is 9.37 Å². The Morgan fingerprint density at radius 1 is 1.25 bits per heavy atom. The van der Waals surface area contributed by atoms with E-state index >= 15 is 0 Å². The summed E-state index contributed by atoms with van der Waals surface area (Å²) < 4.78 is 15.6. The summed E-state index contributed by atoms with van der Waals surface area (Å²) in [5.41, 5.74) is 10.5. The van der Waals surface area contributed by atoms with Crippen molar-refractivity contribution >= 4 is 0 Å². The van der Waals surface area contributed by atoms with Crippen LogP contribution < -0.4 is 5.73 Å². The van der Waals surface area contributed by atoms with Gasteiger partial charge in [-0.05, 0) is 44.9 Å². The van der Waals surface area contributed by atoms with Crippen molar-refractivity contribution in [2.24, 2.45) is 5.73 Å². The number of allylic oxidation sites excluding steroid dienone is 5. The van der Waals surface area contributed by atoms with Gasteiger partial charge >= 0.3 is 0 Å². The normalized spacial score (nSPS) is 12.7. The lowest BCUT2D eigenvalue weighted by molar-refractivity contribution is 0.488. The molecule has 0 aliphatic heterocycles. The highest BCUT2D eigenvalue weighted by Gasteiger charge is 2.21. The molecule has 2 N–H and O–H groups in total. The molecule has 1 aromatic carbocycles. The summed E-state index contributed by atoms with van der Waals surface area (Å²) in [6.07, 6.45) is 10.1. The molecular formula is C24H32FN3. The highest BCUT2D eigenvalue weighted by Crippen LogP contribution is 2.22. The van der Waals surface area contributed by atoms with Crippen LogP contribution in [-0.4, -0.2) is 15.1 Å². The molecule has 0 saturated carbocycles. The molecule has 3 nitrogen and oxygen atoms in total. The van der Waals surface area contributed by atoms with E-state index in [0.29, 0.717) is 13.0 Å². The van der Waals surface area contributed by atoms with Gasteiger partial charge < -0.3 is 10.3 Å². The summed E-state index contributed by atoms with van der Waals surface area (Å²) in [5.74, 6) is 0.762. The highest BCUT2D eigenvalue weighted by molar-refractivity contribution is 5.28. The van der Waals surface area contributed by atoms with Crippen LogP contribution in [0.25, 0.3) is 0 Å². The minimum atomic E-state index is -0.355. The lowest BCUT2D eigenvalue weighted by Crippen LogP contribution is -2.35. The first-order valence-electron chi connectivity index (χ1n) is 9.79. The SMILES string of the molecule is C=C/C=C\C=C(/C)Cc1c(CC)nc(CC(C)(C)N)n1Cc1ccc(F)cc1. The predicted octanol–water partition coefficient (Wildman–Crippen LogP) is 5.14. The van der Waals surface area contributed by atoms with Gasteiger partial charge in [-0.15, -0.1) is 0 Å². The Balaban J connectivity index is 2.47. The van der Waals surface area contributed by atoms with E-state index in [0.717, 1.165) is 29.9 Å². The van der Waals surface area contributed by atoms with E-state index in [9.17, 15) is 4.39 Å². The molecule has 0 bridgehead atoms. The molecule has 0 spiro atoms. The van der Waals surface area contributed by atoms with E-state index in [4.69, 9.17) is 10.7 Å². The molecule has 0 aliphatic carbocycles. The van der Waals surface area contributed by atoms with E-state index in [-0.39, 0.29) is 11.4 Å². The van der Waals surface area contributed by atoms with Gasteiger partial charge in [0.2, 0.25) is 0 Å². The molecule has 28 heavy (non-hydrogen) atoms. The van der Waals surface area contributed by atoms with Crippen molar-refractivity contribution < 1.29 is 4.39 Å². The number of nitrogens with zero attached hydrogens (tertiary/aromatic N) is 2. The number of hydrogen-bond acceptors (Lipinski definition) is 2. The third-order valence-corrected chi connectivity index (χ3v) is 4.51. The fourth-order valence-electron chi connectivity index (χ4n) is 3.20. The van der Waals surface area contributed by atoms with Crippen LogP contribution >= 0.6 is 0 Å². The van der Waals surface area contributed by atoms with Crippen LogP contribution in [0.5, 0.6) is 0 Å². The molecule has 0 fully saturated rings. The number of aryl methyl sites for hydroxylation is 1. The average Bonchev–Trinajstić information content (AvgIpc) is 2.92. The van der Waals surface area contributed by atoms with Crippen molar-refractivity contribution in [3.05, 3.63) is 89.3 Å². The Morgan fingerprint density at radius 2 is 1.93 bits per heavy atom. The van der Waals surface area contributed by atoms with Gasteiger partial charge in [0, 0.05) is 30.6 Å². The molecular weight excluding hydrogens is 349 g/mol. The van der Waals surface area contributed by atoms with Gasteiger partial charge in [0.25, 0.3) is 0 Å². The van der Waals surface area contributed by atoms with Gasteiger partial charge in [0.1, 0.15) is 11.6 Å². The van der Waals surface area contributed by atoms with Crippen LogP contribution in [0.1, 0.15) is 50.5 Å². The smallest absolute Gasteiger partial charge is 0.123 e. The van der Waals surface area contributed by atoms with Crippen LogP contribution in [0.2, 0.25) is 0 Å². The van der Waals surface area contributed by atoms with Crippen molar-refractivity contribution in [3.63, 3.8) is 0 Å². The zero-order valence-corrected chi connectivity index (χ0v) is 17.5. The van der Waals surface area contributed by atoms with Gasteiger partial charge in [-0.2, -0.15) is 0 Å². The summed E-state index contributed by atoms with van der Waals surface area (Å²) >= 11 is 0. The largest absolute Gasteiger partial charge is 0.327 e. The summed E-state index contributed by atoms with van der Waals surface area (Å²) in [6.45, 7) is 12.6. The molecule has 0 amide bonds. The van der Waals surface area contributed by atoms with Crippen molar-refractivity contribution in [2.75, 3.05) is 0 Å². The van der Waals surface area contributed by atoms with E-state index < -0.39 is 0 Å². The molecule has 0 atom stereocenters. The number of hydrogen-bond donors (Lipinski definition) is 1. The minimum Gasteiger partial charge on any atom is -0.327 e. The molecule has 1 aromatic heterocycles. The highest BCUT2D eigenvalue weighted by atomic mass is 19.1. The summed E-state index contributed by atoms with van der Waals surface area (Å²) in [7, 11) is 0. The first-order chi connectivity index (χ1) is 13.2. The molecule has 150 valence electrons. The third kappa shape index (κ3) is 6.31. The molecule has 2 aromatic rings. The maximum Gasteiger partial charge on any atom is 0.123 e. The average molecular weight is 382 g/mol. The Kier molecular flexibility index (Phi) is 7.53. The Hall–Kier alpha value is -2.46. The topological polar surface area (TPSA) is 43.8 Å². The number of aromatic nitrogens is 2. The number of halogens is 1. The fourth-order valence-corrected chi connectivity index (χ4v) is 3.20. The molecule has 0 unspecified atom stereocenters. The van der Waals surface area contributed by atoms with Crippen LogP contribution in [0, 0.1) is 5.82 Å². The van der Waals surface area contributed by atoms with Gasteiger partial charge in [0.05, 0.1) is 5.69 Å². The summed E-state index contributed by atoms with van der Waals surface area (Å²) in [4.78, 5) is 4.92. The van der Waals surface area contributed by atoms with Crippen LogP contribution in [0.15, 0.2) is 60.7 Å². The second-order valence-corrected chi connectivity index (χ2v) is 7.96. The zero-order valence-electron chi connectivity index (χ0n) is 17.5. The zero-order chi connectivity index (χ0) is 20.7. The molecule has 4 heteroatoms. The van der Waals surface area contributed by atoms with Gasteiger partial charge in [-0.3, -0.25) is 0 Å². The first-order valence-corrected chi connectivity index (χ1v) is 9.79.